The molecule has 0 unspecified atom stereocenters. The van der Waals surface area contributed by atoms with E-state index in [9.17, 15) is 0 Å². The van der Waals surface area contributed by atoms with E-state index >= 15 is 0 Å². The van der Waals surface area contributed by atoms with E-state index in [4.69, 9.17) is 4.74 Å². The molecule has 2 N–H and O–H groups in total. The van der Waals surface area contributed by atoms with Gasteiger partial charge in [0.2, 0.25) is 0 Å². The molecule has 0 bridgehead atoms. The molecule has 24 heavy (non-hydrogen) atoms. The van der Waals surface area contributed by atoms with E-state index in [1.165, 1.54) is 4.88 Å². The lowest BCUT2D eigenvalue weighted by molar-refractivity contribution is 0.409. The molecule has 2 aromatic rings. The molecule has 0 atom stereocenters. The maximum Gasteiger partial charge on any atom is 0.191 e. The van der Waals surface area contributed by atoms with Crippen molar-refractivity contribution in [3.8, 4) is 5.75 Å². The molecule has 1 heterocycles. The molecule has 0 saturated carbocycles. The highest BCUT2D eigenvalue weighted by Crippen LogP contribution is 2.22. The number of nitrogens with zero attached hydrogens (tertiary/aromatic N) is 2. The van der Waals surface area contributed by atoms with Crippen LogP contribution in [-0.2, 0) is 13.1 Å². The summed E-state index contributed by atoms with van der Waals surface area (Å²) in [5.41, 5.74) is 2.14. The van der Waals surface area contributed by atoms with Crippen molar-refractivity contribution in [2.75, 3.05) is 14.2 Å². The molecular formula is C16H22BrIN4OS. The zero-order chi connectivity index (χ0) is 16.8. The van der Waals surface area contributed by atoms with Crippen molar-refractivity contribution in [3.63, 3.8) is 0 Å². The van der Waals surface area contributed by atoms with E-state index in [2.05, 4.69) is 36.5 Å². The van der Waals surface area contributed by atoms with Crippen molar-refractivity contribution in [2.45, 2.75) is 26.9 Å². The molecule has 0 radical (unpaired) electrons. The molecule has 0 aliphatic rings. The number of guanidine groups is 1. The van der Waals surface area contributed by atoms with Gasteiger partial charge in [-0.25, -0.2) is 4.98 Å². The Morgan fingerprint density at radius 3 is 2.58 bits per heavy atom. The van der Waals surface area contributed by atoms with Crippen molar-refractivity contribution in [3.05, 3.63) is 43.8 Å². The summed E-state index contributed by atoms with van der Waals surface area (Å²) >= 11 is 5.19. The summed E-state index contributed by atoms with van der Waals surface area (Å²) in [7, 11) is 3.44. The second-order valence-corrected chi connectivity index (χ2v) is 7.18. The zero-order valence-electron chi connectivity index (χ0n) is 14.1. The van der Waals surface area contributed by atoms with Crippen LogP contribution in [0.4, 0.5) is 0 Å². The molecule has 0 aliphatic carbocycles. The number of ether oxygens (including phenoxy) is 1. The molecule has 0 fully saturated rings. The molecule has 1 aromatic carbocycles. The monoisotopic (exact) mass is 524 g/mol. The minimum absolute atomic E-state index is 0. The van der Waals surface area contributed by atoms with Crippen LogP contribution < -0.4 is 15.4 Å². The quantitative estimate of drug-likeness (QED) is 0.352. The van der Waals surface area contributed by atoms with Crippen LogP contribution in [-0.4, -0.2) is 25.1 Å². The predicted molar refractivity (Wildman–Crippen MR) is 115 cm³/mol. The van der Waals surface area contributed by atoms with Gasteiger partial charge in [-0.15, -0.1) is 35.3 Å². The summed E-state index contributed by atoms with van der Waals surface area (Å²) in [6.45, 7) is 5.40. The molecule has 5 nitrogen and oxygen atoms in total. The first-order valence-corrected chi connectivity index (χ1v) is 8.84. The molecule has 0 spiro atoms. The van der Waals surface area contributed by atoms with Crippen molar-refractivity contribution in [2.24, 2.45) is 4.99 Å². The summed E-state index contributed by atoms with van der Waals surface area (Å²) in [5, 5.41) is 7.71. The summed E-state index contributed by atoms with van der Waals surface area (Å²) in [6.07, 6.45) is 0. The average Bonchev–Trinajstić information content (AvgIpc) is 2.85. The van der Waals surface area contributed by atoms with Gasteiger partial charge in [-0.1, -0.05) is 15.9 Å². The second-order valence-electron chi connectivity index (χ2n) is 4.98. The number of thiazole rings is 1. The van der Waals surface area contributed by atoms with E-state index in [1.807, 2.05) is 32.0 Å². The largest absolute Gasteiger partial charge is 0.496 e. The van der Waals surface area contributed by atoms with E-state index in [-0.39, 0.29) is 24.0 Å². The van der Waals surface area contributed by atoms with Crippen LogP contribution in [0.2, 0.25) is 0 Å². The van der Waals surface area contributed by atoms with Crippen LogP contribution in [0.15, 0.2) is 27.7 Å². The molecule has 8 heteroatoms. The van der Waals surface area contributed by atoms with Gasteiger partial charge in [0, 0.05) is 28.5 Å². The number of aromatic nitrogens is 1. The third kappa shape index (κ3) is 5.89. The van der Waals surface area contributed by atoms with Crippen molar-refractivity contribution in [1.82, 2.24) is 15.6 Å². The smallest absolute Gasteiger partial charge is 0.191 e. The number of aliphatic imine (C=N–C) groups is 1. The minimum Gasteiger partial charge on any atom is -0.496 e. The molecular weight excluding hydrogens is 503 g/mol. The minimum atomic E-state index is 0. The van der Waals surface area contributed by atoms with Gasteiger partial charge in [0.05, 0.1) is 24.4 Å². The lowest BCUT2D eigenvalue weighted by atomic mass is 10.2. The highest BCUT2D eigenvalue weighted by molar-refractivity contribution is 14.0. The maximum atomic E-state index is 5.39. The first kappa shape index (κ1) is 21.2. The summed E-state index contributed by atoms with van der Waals surface area (Å²) in [4.78, 5) is 9.92. The number of hydrogen-bond donors (Lipinski definition) is 2. The second kappa shape index (κ2) is 10.2. The van der Waals surface area contributed by atoms with Crippen LogP contribution in [0.1, 0.15) is 21.1 Å². The fraction of sp³-hybridized carbons (Fsp3) is 0.375. The summed E-state index contributed by atoms with van der Waals surface area (Å²) < 4.78 is 6.41. The van der Waals surface area contributed by atoms with Gasteiger partial charge in [-0.05, 0) is 32.0 Å². The van der Waals surface area contributed by atoms with E-state index in [1.54, 1.807) is 25.5 Å². The Morgan fingerprint density at radius 2 is 2.00 bits per heavy atom. The highest BCUT2D eigenvalue weighted by Gasteiger charge is 2.07. The van der Waals surface area contributed by atoms with Crippen LogP contribution >= 0.6 is 51.2 Å². The lowest BCUT2D eigenvalue weighted by Crippen LogP contribution is -2.36. The Kier molecular flexibility index (Phi) is 8.99. The fourth-order valence-corrected chi connectivity index (χ4v) is 3.47. The first-order chi connectivity index (χ1) is 11.0. The average molecular weight is 525 g/mol. The number of halogens is 2. The zero-order valence-corrected chi connectivity index (χ0v) is 18.9. The normalized spacial score (nSPS) is 11.0. The number of benzene rings is 1. The van der Waals surface area contributed by atoms with Crippen LogP contribution in [0.25, 0.3) is 0 Å². The molecule has 1 aromatic heterocycles. The predicted octanol–water partition coefficient (Wildman–Crippen LogP) is 4.01. The number of aryl methyl sites for hydroxylation is 2. The summed E-state index contributed by atoms with van der Waals surface area (Å²) in [5.74, 6) is 1.60. The topological polar surface area (TPSA) is 58.5 Å². The summed E-state index contributed by atoms with van der Waals surface area (Å²) in [6, 6.07) is 5.95. The maximum absolute atomic E-state index is 5.39. The van der Waals surface area contributed by atoms with Gasteiger partial charge in [0.25, 0.3) is 0 Å². The Bertz CT molecular complexity index is 705. The van der Waals surface area contributed by atoms with Gasteiger partial charge < -0.3 is 15.4 Å². The molecule has 0 saturated heterocycles. The Morgan fingerprint density at radius 1 is 1.29 bits per heavy atom. The Hall–Kier alpha value is -0.870. The van der Waals surface area contributed by atoms with Crippen molar-refractivity contribution < 1.29 is 4.74 Å². The van der Waals surface area contributed by atoms with Gasteiger partial charge >= 0.3 is 0 Å². The van der Waals surface area contributed by atoms with Crippen LogP contribution in [0, 0.1) is 13.8 Å². The Balaban J connectivity index is 0.00000288. The number of methoxy groups -OCH3 is 1. The molecule has 0 amide bonds. The number of nitrogens with one attached hydrogen (secondary N) is 2. The van der Waals surface area contributed by atoms with Gasteiger partial charge in [-0.3, -0.25) is 4.99 Å². The third-order valence-electron chi connectivity index (χ3n) is 3.33. The fourth-order valence-electron chi connectivity index (χ4n) is 2.19. The van der Waals surface area contributed by atoms with Crippen LogP contribution in [0.5, 0.6) is 5.75 Å². The van der Waals surface area contributed by atoms with Crippen molar-refractivity contribution in [1.29, 1.82) is 0 Å². The van der Waals surface area contributed by atoms with E-state index in [0.717, 1.165) is 32.4 Å². The van der Waals surface area contributed by atoms with E-state index < -0.39 is 0 Å². The number of rotatable bonds is 5. The van der Waals surface area contributed by atoms with Crippen LogP contribution in [0.3, 0.4) is 0 Å². The standard InChI is InChI=1S/C16H21BrN4OS.HI/c1-10-15(23-11(2)21-10)9-20-16(18-3)19-8-12-7-13(17)5-6-14(12)22-4;/h5-7H,8-9H2,1-4H3,(H2,18,19,20);1H. The van der Waals surface area contributed by atoms with Gasteiger partial charge in [-0.2, -0.15) is 0 Å². The molecule has 0 aliphatic heterocycles. The van der Waals surface area contributed by atoms with Crippen molar-refractivity contribution >= 4 is 57.2 Å². The molecule has 2 rings (SSSR count). The van der Waals surface area contributed by atoms with Gasteiger partial charge in [0.1, 0.15) is 5.75 Å². The molecule has 132 valence electrons. The number of hydrogen-bond acceptors (Lipinski definition) is 4. The SMILES string of the molecule is CN=C(NCc1cc(Br)ccc1OC)NCc1sc(C)nc1C.I. The highest BCUT2D eigenvalue weighted by atomic mass is 127. The Labute approximate surface area is 172 Å². The first-order valence-electron chi connectivity index (χ1n) is 7.23. The van der Waals surface area contributed by atoms with E-state index in [0.29, 0.717) is 13.1 Å². The third-order valence-corrected chi connectivity index (χ3v) is 4.89. The van der Waals surface area contributed by atoms with Gasteiger partial charge in [0.15, 0.2) is 5.96 Å². The lowest BCUT2D eigenvalue weighted by Gasteiger charge is -2.14.